The van der Waals surface area contributed by atoms with Gasteiger partial charge in [0, 0.05) is 31.1 Å². The van der Waals surface area contributed by atoms with E-state index < -0.39 is 0 Å². The minimum atomic E-state index is 0.340. The van der Waals surface area contributed by atoms with Crippen molar-refractivity contribution in [1.82, 2.24) is 20.4 Å². The van der Waals surface area contributed by atoms with Gasteiger partial charge in [0.25, 0.3) is 0 Å². The molecule has 2 aliphatic rings. The molecule has 6 nitrogen and oxygen atoms in total. The highest BCUT2D eigenvalue weighted by Gasteiger charge is 2.23. The van der Waals surface area contributed by atoms with Gasteiger partial charge in [-0.05, 0) is 63.2 Å². The standard InChI is InChI=1S/C22H39N5OS/c1-3-23-22(24-10-7-19-8-11-26(4-2)12-9-19)25-18-20(21-6-5-17-29-21)27-13-15-28-16-14-27/h5-6,17,19-20H,3-4,7-16,18H2,1-2H3,(H2,23,24,25). The molecule has 29 heavy (non-hydrogen) atoms. The van der Waals surface area contributed by atoms with E-state index in [1.54, 1.807) is 0 Å². The van der Waals surface area contributed by atoms with E-state index >= 15 is 0 Å². The van der Waals surface area contributed by atoms with E-state index in [9.17, 15) is 0 Å². The van der Waals surface area contributed by atoms with E-state index in [4.69, 9.17) is 9.73 Å². The van der Waals surface area contributed by atoms with Gasteiger partial charge in [0.1, 0.15) is 0 Å². The molecule has 1 aromatic heterocycles. The number of guanidine groups is 1. The number of nitrogens with one attached hydrogen (secondary N) is 2. The highest BCUT2D eigenvalue weighted by atomic mass is 32.1. The van der Waals surface area contributed by atoms with E-state index in [0.717, 1.165) is 57.8 Å². The molecular formula is C22H39N5OS. The molecule has 0 aromatic carbocycles. The number of rotatable bonds is 9. The van der Waals surface area contributed by atoms with E-state index in [1.807, 2.05) is 11.3 Å². The second-order valence-corrected chi connectivity index (χ2v) is 8.97. The maximum atomic E-state index is 5.55. The number of morpholine rings is 1. The van der Waals surface area contributed by atoms with Crippen LogP contribution in [0, 0.1) is 5.92 Å². The zero-order valence-corrected chi connectivity index (χ0v) is 19.1. The predicted octanol–water partition coefficient (Wildman–Crippen LogP) is 2.80. The molecule has 0 radical (unpaired) electrons. The zero-order valence-electron chi connectivity index (χ0n) is 18.2. The van der Waals surface area contributed by atoms with Gasteiger partial charge in [-0.25, -0.2) is 0 Å². The van der Waals surface area contributed by atoms with Crippen LogP contribution < -0.4 is 10.6 Å². The summed E-state index contributed by atoms with van der Waals surface area (Å²) in [5.41, 5.74) is 0. The Morgan fingerprint density at radius 3 is 2.66 bits per heavy atom. The molecule has 0 spiro atoms. The smallest absolute Gasteiger partial charge is 0.191 e. The van der Waals surface area contributed by atoms with Gasteiger partial charge in [-0.2, -0.15) is 0 Å². The third kappa shape index (κ3) is 7.24. The average Bonchev–Trinajstić information content (AvgIpc) is 3.30. The summed E-state index contributed by atoms with van der Waals surface area (Å²) in [7, 11) is 0. The van der Waals surface area contributed by atoms with Gasteiger partial charge in [0.2, 0.25) is 0 Å². The second-order valence-electron chi connectivity index (χ2n) is 7.99. The Morgan fingerprint density at radius 2 is 2.00 bits per heavy atom. The van der Waals surface area contributed by atoms with Crippen molar-refractivity contribution in [3.05, 3.63) is 22.4 Å². The topological polar surface area (TPSA) is 52.1 Å². The monoisotopic (exact) mass is 421 g/mol. The normalized spacial score (nSPS) is 21.2. The molecule has 164 valence electrons. The van der Waals surface area contributed by atoms with E-state index in [-0.39, 0.29) is 0 Å². The van der Waals surface area contributed by atoms with Crippen molar-refractivity contribution in [3.63, 3.8) is 0 Å². The lowest BCUT2D eigenvalue weighted by Gasteiger charge is -2.33. The van der Waals surface area contributed by atoms with Crippen molar-refractivity contribution in [1.29, 1.82) is 0 Å². The van der Waals surface area contributed by atoms with Crippen molar-refractivity contribution in [2.75, 3.05) is 65.6 Å². The number of hydrogen-bond acceptors (Lipinski definition) is 5. The first kappa shape index (κ1) is 22.5. The van der Waals surface area contributed by atoms with Crippen molar-refractivity contribution in [2.45, 2.75) is 39.2 Å². The number of thiophene rings is 1. The molecular weight excluding hydrogens is 382 g/mol. The number of aliphatic imine (C=N–C) groups is 1. The number of hydrogen-bond donors (Lipinski definition) is 2. The molecule has 0 bridgehead atoms. The molecule has 3 heterocycles. The summed E-state index contributed by atoms with van der Waals surface area (Å²) in [5, 5.41) is 9.18. The number of ether oxygens (including phenoxy) is 1. The van der Waals surface area contributed by atoms with Crippen LogP contribution in [-0.2, 0) is 4.74 Å². The number of likely N-dealkylation sites (tertiary alicyclic amines) is 1. The lowest BCUT2D eigenvalue weighted by Crippen LogP contribution is -2.42. The van der Waals surface area contributed by atoms with Crippen LogP contribution in [0.5, 0.6) is 0 Å². The van der Waals surface area contributed by atoms with Crippen LogP contribution in [0.1, 0.15) is 44.0 Å². The highest BCUT2D eigenvalue weighted by Crippen LogP contribution is 2.26. The Morgan fingerprint density at radius 1 is 1.21 bits per heavy atom. The van der Waals surface area contributed by atoms with Gasteiger partial charge in [-0.15, -0.1) is 11.3 Å². The number of nitrogens with zero attached hydrogens (tertiary/aromatic N) is 3. The van der Waals surface area contributed by atoms with Gasteiger partial charge >= 0.3 is 0 Å². The molecule has 1 aromatic rings. The first-order valence-corrected chi connectivity index (χ1v) is 12.3. The van der Waals surface area contributed by atoms with Gasteiger partial charge in [0.05, 0.1) is 25.8 Å². The van der Waals surface area contributed by atoms with E-state index in [1.165, 1.54) is 43.8 Å². The van der Waals surface area contributed by atoms with E-state index in [0.29, 0.717) is 6.04 Å². The zero-order chi connectivity index (χ0) is 20.3. The molecule has 2 fully saturated rings. The van der Waals surface area contributed by atoms with Gasteiger partial charge in [-0.3, -0.25) is 9.89 Å². The Labute approximate surface area is 180 Å². The van der Waals surface area contributed by atoms with Crippen LogP contribution in [0.15, 0.2) is 22.5 Å². The van der Waals surface area contributed by atoms with Crippen molar-refractivity contribution in [2.24, 2.45) is 10.9 Å². The summed E-state index contributed by atoms with van der Waals surface area (Å²) < 4.78 is 5.55. The van der Waals surface area contributed by atoms with Crippen LogP contribution in [0.4, 0.5) is 0 Å². The molecule has 0 amide bonds. The Kier molecular flexibility index (Phi) is 9.73. The van der Waals surface area contributed by atoms with Crippen molar-refractivity contribution >= 4 is 17.3 Å². The van der Waals surface area contributed by atoms with Crippen LogP contribution in [-0.4, -0.2) is 81.3 Å². The molecule has 2 saturated heterocycles. The third-order valence-corrected chi connectivity index (χ3v) is 7.10. The van der Waals surface area contributed by atoms with Crippen LogP contribution >= 0.6 is 11.3 Å². The second kappa shape index (κ2) is 12.5. The van der Waals surface area contributed by atoms with Gasteiger partial charge in [0.15, 0.2) is 5.96 Å². The van der Waals surface area contributed by atoms with Crippen molar-refractivity contribution in [3.8, 4) is 0 Å². The summed E-state index contributed by atoms with van der Waals surface area (Å²) in [5.74, 6) is 1.80. The third-order valence-electron chi connectivity index (χ3n) is 6.12. The van der Waals surface area contributed by atoms with Gasteiger partial charge in [-0.1, -0.05) is 13.0 Å². The molecule has 7 heteroatoms. The maximum Gasteiger partial charge on any atom is 0.191 e. The lowest BCUT2D eigenvalue weighted by atomic mass is 9.93. The quantitative estimate of drug-likeness (QED) is 0.474. The highest BCUT2D eigenvalue weighted by molar-refractivity contribution is 7.10. The Hall–Kier alpha value is -1.15. The van der Waals surface area contributed by atoms with Crippen molar-refractivity contribution < 1.29 is 4.74 Å². The number of piperidine rings is 1. The SMILES string of the molecule is CCNC(=NCC(c1cccs1)N1CCOCC1)NCCC1CCN(CC)CC1. The molecule has 0 aliphatic carbocycles. The molecule has 0 saturated carbocycles. The largest absolute Gasteiger partial charge is 0.379 e. The molecule has 1 unspecified atom stereocenters. The van der Waals surface area contributed by atoms with Crippen LogP contribution in [0.25, 0.3) is 0 Å². The summed E-state index contributed by atoms with van der Waals surface area (Å²) in [6.07, 6.45) is 3.90. The molecule has 2 aliphatic heterocycles. The van der Waals surface area contributed by atoms with E-state index in [2.05, 4.69) is 51.8 Å². The summed E-state index contributed by atoms with van der Waals surface area (Å²) in [6.45, 7) is 14.4. The fraction of sp³-hybridized carbons (Fsp3) is 0.773. The molecule has 3 rings (SSSR count). The first-order valence-electron chi connectivity index (χ1n) is 11.4. The fourth-order valence-electron chi connectivity index (χ4n) is 4.26. The summed E-state index contributed by atoms with van der Waals surface area (Å²) >= 11 is 1.83. The Balaban J connectivity index is 1.51. The minimum absolute atomic E-state index is 0.340. The summed E-state index contributed by atoms with van der Waals surface area (Å²) in [6, 6.07) is 4.72. The Bertz CT molecular complexity index is 580. The van der Waals surface area contributed by atoms with Gasteiger partial charge < -0.3 is 20.3 Å². The average molecular weight is 422 g/mol. The summed E-state index contributed by atoms with van der Waals surface area (Å²) in [4.78, 5) is 11.4. The minimum Gasteiger partial charge on any atom is -0.379 e. The maximum absolute atomic E-state index is 5.55. The lowest BCUT2D eigenvalue weighted by molar-refractivity contribution is 0.0186. The molecule has 2 N–H and O–H groups in total. The molecule has 1 atom stereocenters. The fourth-order valence-corrected chi connectivity index (χ4v) is 5.11. The predicted molar refractivity (Wildman–Crippen MR) is 123 cm³/mol. The first-order chi connectivity index (χ1) is 14.3. The van der Waals surface area contributed by atoms with Crippen LogP contribution in [0.2, 0.25) is 0 Å². The van der Waals surface area contributed by atoms with Crippen LogP contribution in [0.3, 0.4) is 0 Å².